The molecule has 0 atom stereocenters. The van der Waals surface area contributed by atoms with Gasteiger partial charge in [0.1, 0.15) is 0 Å². The van der Waals surface area contributed by atoms with Crippen molar-refractivity contribution < 1.29 is 39.1 Å². The maximum atomic E-state index is 7.33. The van der Waals surface area contributed by atoms with Crippen LogP contribution in [0.4, 0.5) is 0 Å². The van der Waals surface area contributed by atoms with E-state index < -0.39 is 9.05 Å². The van der Waals surface area contributed by atoms with Gasteiger partial charge in [-0.15, -0.1) is 0 Å². The molecule has 9 heteroatoms. The molecule has 0 bridgehead atoms. The first kappa shape index (κ1) is 30.6. The van der Waals surface area contributed by atoms with Crippen molar-refractivity contribution in [1.29, 1.82) is 0 Å². The molecular weight excluding hydrogens is 210 g/mol. The summed E-state index contributed by atoms with van der Waals surface area (Å²) in [5.74, 6) is 0. The van der Waals surface area contributed by atoms with Crippen molar-refractivity contribution in [2.45, 2.75) is 0 Å². The van der Waals surface area contributed by atoms with Crippen LogP contribution in [0.1, 0.15) is 2.85 Å². The normalized spacial score (nSPS) is 6.67. The van der Waals surface area contributed by atoms with E-state index >= 15 is 0 Å². The monoisotopic (exact) mass is 219 g/mol. The van der Waals surface area contributed by atoms with Gasteiger partial charge in [0.25, 0.3) is 0 Å². The zero-order valence-electron chi connectivity index (χ0n) is 5.93. The van der Waals surface area contributed by atoms with Gasteiger partial charge in [0.05, 0.1) is 0 Å². The Labute approximate surface area is 96.5 Å². The third-order valence-corrected chi connectivity index (χ3v) is 0. The fourth-order valence-electron chi connectivity index (χ4n) is 0. The standard InChI is InChI=1S/Al.B.Fe.Mg.H4O4Si.5H/c;;;;1-5(2,3)4;;;;;/h;;;;1-4H;;;;;/q;;;+2;;;;;2*-1. The zero-order valence-corrected chi connectivity index (χ0v) is 7.45. The number of rotatable bonds is 0. The predicted molar refractivity (Wildman–Crippen MR) is 38.3 cm³/mol. The van der Waals surface area contributed by atoms with E-state index in [2.05, 4.69) is 0 Å². The minimum Gasteiger partial charge on any atom is -1.00 e. The van der Waals surface area contributed by atoms with E-state index in [1.54, 1.807) is 0 Å². The second kappa shape index (κ2) is 12.6. The first-order chi connectivity index (χ1) is 2.00. The molecule has 0 aromatic carbocycles. The Morgan fingerprint density at radius 1 is 1.00 bits per heavy atom. The molecule has 0 spiro atoms. The summed E-state index contributed by atoms with van der Waals surface area (Å²) in [6.45, 7) is 0. The Morgan fingerprint density at radius 2 is 1.00 bits per heavy atom. The van der Waals surface area contributed by atoms with Gasteiger partial charge in [0, 0.05) is 25.5 Å². The third kappa shape index (κ3) is 167. The van der Waals surface area contributed by atoms with Crippen LogP contribution in [-0.4, -0.2) is 77.1 Å². The number of hydrogen-bond donors (Lipinski definition) is 4. The van der Waals surface area contributed by atoms with Gasteiger partial charge < -0.3 is 22.0 Å². The first-order valence-electron chi connectivity index (χ1n) is 0.894. The summed E-state index contributed by atoms with van der Waals surface area (Å²) in [5.41, 5.74) is 0. The molecule has 0 unspecified atom stereocenters. The zero-order chi connectivity index (χ0) is 4.50. The van der Waals surface area contributed by atoms with E-state index in [9.17, 15) is 0 Å². The summed E-state index contributed by atoms with van der Waals surface area (Å²) in [6.07, 6.45) is 0. The van der Waals surface area contributed by atoms with Crippen molar-refractivity contribution in [1.82, 2.24) is 0 Å². The molecule has 0 saturated heterocycles. The molecule has 0 aromatic heterocycles. The summed E-state index contributed by atoms with van der Waals surface area (Å²) >= 11 is 0. The maximum Gasteiger partial charge on any atom is 2.00 e. The van der Waals surface area contributed by atoms with E-state index in [1.165, 1.54) is 0 Å². The van der Waals surface area contributed by atoms with E-state index in [1.807, 2.05) is 0 Å². The van der Waals surface area contributed by atoms with Crippen molar-refractivity contribution in [3.05, 3.63) is 0 Å². The van der Waals surface area contributed by atoms with Crippen LogP contribution in [0, 0.1) is 0 Å². The van der Waals surface area contributed by atoms with Crippen molar-refractivity contribution >= 4 is 57.9 Å². The van der Waals surface area contributed by atoms with Crippen LogP contribution in [0.25, 0.3) is 0 Å². The Bertz CT molecular complexity index is 43.6. The third-order valence-electron chi connectivity index (χ3n) is 0. The van der Waals surface area contributed by atoms with E-state index in [0.29, 0.717) is 0 Å². The Hall–Kier alpha value is 1.94. The summed E-state index contributed by atoms with van der Waals surface area (Å²) in [6, 6.07) is 0. The molecule has 4 nitrogen and oxygen atoms in total. The molecule has 0 aliphatic carbocycles. The van der Waals surface area contributed by atoms with E-state index in [4.69, 9.17) is 19.2 Å². The minimum atomic E-state index is -4.61. The molecule has 4 N–H and O–H groups in total. The molecule has 0 aliphatic heterocycles. The quantitative estimate of drug-likeness (QED) is 0.310. The first-order valence-corrected chi connectivity index (χ1v) is 2.68. The van der Waals surface area contributed by atoms with E-state index in [-0.39, 0.29) is 68.7 Å². The molecule has 0 amide bonds. The predicted octanol–water partition coefficient (Wildman–Crippen LogP) is -4.33. The molecule has 0 fully saturated rings. The van der Waals surface area contributed by atoms with Crippen molar-refractivity contribution in [3.63, 3.8) is 0 Å². The van der Waals surface area contributed by atoms with Crippen LogP contribution in [0.3, 0.4) is 0 Å². The van der Waals surface area contributed by atoms with Gasteiger partial charge in [-0.3, -0.25) is 0 Å². The SMILES string of the molecule is O[Si](O)(O)O.[AlH3].[B].[Fe].[H-].[H-].[Mg+2]. The van der Waals surface area contributed by atoms with Gasteiger partial charge in [0.2, 0.25) is 0 Å². The molecule has 0 rings (SSSR count). The Morgan fingerprint density at radius 3 is 1.00 bits per heavy atom. The molecular formula is H9AlBFeMgO4Si. The van der Waals surface area contributed by atoms with Gasteiger partial charge in [-0.1, -0.05) is 0 Å². The van der Waals surface area contributed by atoms with Gasteiger partial charge in [-0.05, 0) is 0 Å². The van der Waals surface area contributed by atoms with Crippen molar-refractivity contribution in [3.8, 4) is 0 Å². The largest absolute Gasteiger partial charge is 2.00 e. The summed E-state index contributed by atoms with van der Waals surface area (Å²) in [5, 5.41) is 0. The average molecular weight is 219 g/mol. The van der Waals surface area contributed by atoms with Crippen molar-refractivity contribution in [2.75, 3.05) is 0 Å². The topological polar surface area (TPSA) is 80.9 Å². The molecule has 0 aromatic rings. The van der Waals surface area contributed by atoms with Gasteiger partial charge in [0.15, 0.2) is 17.4 Å². The molecule has 9 heavy (non-hydrogen) atoms. The molecule has 3 radical (unpaired) electrons. The van der Waals surface area contributed by atoms with Gasteiger partial charge >= 0.3 is 32.1 Å². The van der Waals surface area contributed by atoms with Crippen LogP contribution in [-0.2, 0) is 17.1 Å². The average Bonchev–Trinajstić information content (AvgIpc) is 0.722. The minimum absolute atomic E-state index is 0. The number of hydrogen-bond acceptors (Lipinski definition) is 4. The van der Waals surface area contributed by atoms with Gasteiger partial charge in [-0.2, -0.15) is 0 Å². The van der Waals surface area contributed by atoms with Crippen LogP contribution in [0.5, 0.6) is 0 Å². The van der Waals surface area contributed by atoms with Crippen LogP contribution < -0.4 is 0 Å². The molecule has 0 saturated carbocycles. The van der Waals surface area contributed by atoms with Gasteiger partial charge in [-0.25, -0.2) is 0 Å². The molecule has 53 valence electrons. The Kier molecular flexibility index (Phi) is 42.9. The smallest absolute Gasteiger partial charge is 1.00 e. The molecule has 0 aliphatic rings. The van der Waals surface area contributed by atoms with Crippen molar-refractivity contribution in [2.24, 2.45) is 0 Å². The van der Waals surface area contributed by atoms with Crippen LogP contribution >= 0.6 is 0 Å². The maximum absolute atomic E-state index is 7.33. The second-order valence-electron chi connectivity index (χ2n) is 0.600. The summed E-state index contributed by atoms with van der Waals surface area (Å²) in [4.78, 5) is 29.3. The second-order valence-corrected chi connectivity index (χ2v) is 1.80. The van der Waals surface area contributed by atoms with Crippen LogP contribution in [0.15, 0.2) is 0 Å². The molecule has 0 heterocycles. The summed E-state index contributed by atoms with van der Waals surface area (Å²) < 4.78 is 0. The van der Waals surface area contributed by atoms with E-state index in [0.717, 1.165) is 0 Å². The Balaban J connectivity index is -0.00000000533. The summed E-state index contributed by atoms with van der Waals surface area (Å²) in [7, 11) is -4.61. The van der Waals surface area contributed by atoms with Crippen LogP contribution in [0.2, 0.25) is 0 Å². The fraction of sp³-hybridized carbons (Fsp3) is 0. The fourth-order valence-corrected chi connectivity index (χ4v) is 0.